The maximum absolute atomic E-state index is 5.47. The second kappa shape index (κ2) is 3.18. The van der Waals surface area contributed by atoms with Crippen LogP contribution in [0, 0.1) is 13.8 Å². The third kappa shape index (κ3) is 1.37. The van der Waals surface area contributed by atoms with Crippen LogP contribution in [0.4, 0.5) is 5.88 Å². The van der Waals surface area contributed by atoms with Crippen LogP contribution in [0.5, 0.6) is 0 Å². The molecule has 0 aliphatic carbocycles. The van der Waals surface area contributed by atoms with E-state index >= 15 is 0 Å². The first-order chi connectivity index (χ1) is 6.68. The average molecular weight is 188 g/mol. The molecule has 2 N–H and O–H groups in total. The number of anilines is 1. The van der Waals surface area contributed by atoms with Gasteiger partial charge < -0.3 is 10.3 Å². The fourth-order valence-electron chi connectivity index (χ4n) is 1.44. The summed E-state index contributed by atoms with van der Waals surface area (Å²) in [5.41, 5.74) is 9.79. The zero-order chi connectivity index (χ0) is 10.1. The molecule has 0 spiro atoms. The third-order valence-electron chi connectivity index (χ3n) is 2.41. The van der Waals surface area contributed by atoms with E-state index < -0.39 is 0 Å². The number of benzene rings is 1. The summed E-state index contributed by atoms with van der Waals surface area (Å²) >= 11 is 0. The van der Waals surface area contributed by atoms with Crippen molar-refractivity contribution in [3.8, 4) is 11.3 Å². The number of nitrogen functional groups attached to an aromatic ring is 1. The third-order valence-corrected chi connectivity index (χ3v) is 2.41. The smallest absolute Gasteiger partial charge is 0.222 e. The first-order valence-electron chi connectivity index (χ1n) is 4.47. The molecule has 1 aromatic carbocycles. The second-order valence-corrected chi connectivity index (χ2v) is 3.36. The summed E-state index contributed by atoms with van der Waals surface area (Å²) in [6.45, 7) is 4.14. The van der Waals surface area contributed by atoms with Crippen LogP contribution in [0.15, 0.2) is 28.8 Å². The van der Waals surface area contributed by atoms with Crippen molar-refractivity contribution < 1.29 is 4.52 Å². The summed E-state index contributed by atoms with van der Waals surface area (Å²) in [5, 5.41) is 3.89. The van der Waals surface area contributed by atoms with Crippen molar-refractivity contribution in [2.45, 2.75) is 13.8 Å². The highest BCUT2D eigenvalue weighted by Crippen LogP contribution is 2.25. The van der Waals surface area contributed by atoms with Gasteiger partial charge in [0.2, 0.25) is 5.88 Å². The SMILES string of the molecule is Cc1cccc(-c2cc(N)on2)c1C. The lowest BCUT2D eigenvalue weighted by atomic mass is 10.0. The van der Waals surface area contributed by atoms with Crippen molar-refractivity contribution in [2.24, 2.45) is 0 Å². The van der Waals surface area contributed by atoms with Gasteiger partial charge in [-0.3, -0.25) is 0 Å². The highest BCUT2D eigenvalue weighted by molar-refractivity contribution is 5.66. The Bertz CT molecular complexity index is 460. The summed E-state index contributed by atoms with van der Waals surface area (Å²) in [6, 6.07) is 7.83. The van der Waals surface area contributed by atoms with Crippen LogP contribution in [0.3, 0.4) is 0 Å². The van der Waals surface area contributed by atoms with Crippen molar-refractivity contribution in [2.75, 3.05) is 5.73 Å². The van der Waals surface area contributed by atoms with E-state index in [2.05, 4.69) is 25.1 Å². The molecule has 3 nitrogen and oxygen atoms in total. The number of nitrogens with zero attached hydrogens (tertiary/aromatic N) is 1. The van der Waals surface area contributed by atoms with Gasteiger partial charge in [0.05, 0.1) is 0 Å². The fraction of sp³-hybridized carbons (Fsp3) is 0.182. The number of aromatic nitrogens is 1. The number of aryl methyl sites for hydroxylation is 1. The minimum absolute atomic E-state index is 0.348. The zero-order valence-corrected chi connectivity index (χ0v) is 8.24. The molecule has 2 rings (SSSR count). The van der Waals surface area contributed by atoms with E-state index in [0.29, 0.717) is 5.88 Å². The number of nitrogens with two attached hydrogens (primary N) is 1. The van der Waals surface area contributed by atoms with Gasteiger partial charge in [-0.2, -0.15) is 0 Å². The van der Waals surface area contributed by atoms with Gasteiger partial charge in [0.25, 0.3) is 0 Å². The Morgan fingerprint density at radius 3 is 2.71 bits per heavy atom. The monoisotopic (exact) mass is 188 g/mol. The molecule has 0 saturated heterocycles. The van der Waals surface area contributed by atoms with Crippen LogP contribution in [-0.2, 0) is 0 Å². The minimum atomic E-state index is 0.348. The Morgan fingerprint density at radius 2 is 2.07 bits per heavy atom. The highest BCUT2D eigenvalue weighted by Gasteiger charge is 2.07. The Hall–Kier alpha value is -1.77. The topological polar surface area (TPSA) is 52.0 Å². The molecule has 0 aliphatic heterocycles. The second-order valence-electron chi connectivity index (χ2n) is 3.36. The van der Waals surface area contributed by atoms with Crippen molar-refractivity contribution in [1.29, 1.82) is 0 Å². The minimum Gasteiger partial charge on any atom is -0.368 e. The van der Waals surface area contributed by atoms with Gasteiger partial charge in [-0.25, -0.2) is 0 Å². The molecule has 14 heavy (non-hydrogen) atoms. The molecule has 1 heterocycles. The molecule has 0 fully saturated rings. The Kier molecular flexibility index (Phi) is 2.00. The molecule has 2 aromatic rings. The molecule has 0 radical (unpaired) electrons. The first kappa shape index (κ1) is 8.81. The molecule has 0 aliphatic rings. The van der Waals surface area contributed by atoms with E-state index in [4.69, 9.17) is 10.3 Å². The lowest BCUT2D eigenvalue weighted by molar-refractivity contribution is 0.439. The molecule has 0 unspecified atom stereocenters. The normalized spacial score (nSPS) is 10.4. The Morgan fingerprint density at radius 1 is 1.29 bits per heavy atom. The molecular weight excluding hydrogens is 176 g/mol. The summed E-state index contributed by atoms with van der Waals surface area (Å²) in [5.74, 6) is 0.348. The van der Waals surface area contributed by atoms with E-state index in [1.165, 1.54) is 11.1 Å². The quantitative estimate of drug-likeness (QED) is 0.748. The number of rotatable bonds is 1. The largest absolute Gasteiger partial charge is 0.368 e. The van der Waals surface area contributed by atoms with Crippen molar-refractivity contribution in [3.63, 3.8) is 0 Å². The van der Waals surface area contributed by atoms with E-state index in [-0.39, 0.29) is 0 Å². The van der Waals surface area contributed by atoms with E-state index in [1.807, 2.05) is 12.1 Å². The van der Waals surface area contributed by atoms with Crippen LogP contribution in [0.1, 0.15) is 11.1 Å². The lowest BCUT2D eigenvalue weighted by Gasteiger charge is -2.04. The lowest BCUT2D eigenvalue weighted by Crippen LogP contribution is -1.86. The van der Waals surface area contributed by atoms with Gasteiger partial charge >= 0.3 is 0 Å². The maximum atomic E-state index is 5.47. The summed E-state index contributed by atoms with van der Waals surface area (Å²) in [7, 11) is 0. The molecule has 0 amide bonds. The Balaban J connectivity index is 2.57. The Labute approximate surface area is 82.5 Å². The van der Waals surface area contributed by atoms with Gasteiger partial charge in [-0.15, -0.1) is 0 Å². The molecule has 3 heteroatoms. The van der Waals surface area contributed by atoms with Gasteiger partial charge in [0.15, 0.2) is 0 Å². The van der Waals surface area contributed by atoms with Crippen LogP contribution >= 0.6 is 0 Å². The van der Waals surface area contributed by atoms with Gasteiger partial charge in [0.1, 0.15) is 5.69 Å². The summed E-state index contributed by atoms with van der Waals surface area (Å²) in [6.07, 6.45) is 0. The zero-order valence-electron chi connectivity index (χ0n) is 8.24. The van der Waals surface area contributed by atoms with Gasteiger partial charge in [-0.1, -0.05) is 23.4 Å². The number of hydrogen-bond donors (Lipinski definition) is 1. The molecule has 0 atom stereocenters. The van der Waals surface area contributed by atoms with E-state index in [9.17, 15) is 0 Å². The van der Waals surface area contributed by atoms with Gasteiger partial charge in [0, 0.05) is 11.6 Å². The highest BCUT2D eigenvalue weighted by atomic mass is 16.5. The van der Waals surface area contributed by atoms with Crippen molar-refractivity contribution in [3.05, 3.63) is 35.4 Å². The molecule has 0 saturated carbocycles. The van der Waals surface area contributed by atoms with Crippen molar-refractivity contribution >= 4 is 5.88 Å². The number of hydrogen-bond acceptors (Lipinski definition) is 3. The van der Waals surface area contributed by atoms with Crippen LogP contribution in [0.25, 0.3) is 11.3 Å². The van der Waals surface area contributed by atoms with Crippen LogP contribution in [-0.4, -0.2) is 5.16 Å². The first-order valence-corrected chi connectivity index (χ1v) is 4.47. The van der Waals surface area contributed by atoms with Crippen LogP contribution in [0.2, 0.25) is 0 Å². The molecular formula is C11H12N2O. The average Bonchev–Trinajstić information content (AvgIpc) is 2.57. The maximum Gasteiger partial charge on any atom is 0.222 e. The van der Waals surface area contributed by atoms with Gasteiger partial charge in [-0.05, 0) is 25.0 Å². The van der Waals surface area contributed by atoms with E-state index in [0.717, 1.165) is 11.3 Å². The standard InChI is InChI=1S/C11H12N2O/c1-7-4-3-5-9(8(7)2)10-6-11(12)14-13-10/h3-6H,12H2,1-2H3. The molecule has 72 valence electrons. The molecule has 1 aromatic heterocycles. The predicted octanol–water partition coefficient (Wildman–Crippen LogP) is 2.54. The fourth-order valence-corrected chi connectivity index (χ4v) is 1.44. The molecule has 0 bridgehead atoms. The van der Waals surface area contributed by atoms with E-state index in [1.54, 1.807) is 6.07 Å². The summed E-state index contributed by atoms with van der Waals surface area (Å²) < 4.78 is 4.84. The predicted molar refractivity (Wildman–Crippen MR) is 55.8 cm³/mol. The van der Waals surface area contributed by atoms with Crippen molar-refractivity contribution in [1.82, 2.24) is 5.16 Å². The van der Waals surface area contributed by atoms with Crippen LogP contribution < -0.4 is 5.73 Å². The summed E-state index contributed by atoms with van der Waals surface area (Å²) in [4.78, 5) is 0.